The number of esters is 1. The number of benzene rings is 1. The van der Waals surface area contributed by atoms with E-state index in [4.69, 9.17) is 4.74 Å². The smallest absolute Gasteiger partial charge is 0.339 e. The van der Waals surface area contributed by atoms with E-state index >= 15 is 0 Å². The average Bonchev–Trinajstić information content (AvgIpc) is 2.60. The molecule has 1 unspecified atom stereocenters. The summed E-state index contributed by atoms with van der Waals surface area (Å²) in [7, 11) is 0. The van der Waals surface area contributed by atoms with Crippen molar-refractivity contribution in [3.05, 3.63) is 59.4 Å². The highest BCUT2D eigenvalue weighted by Crippen LogP contribution is 2.44. The van der Waals surface area contributed by atoms with Crippen LogP contribution in [0.1, 0.15) is 48.8 Å². The van der Waals surface area contributed by atoms with Crippen LogP contribution in [-0.4, -0.2) is 22.8 Å². The first-order valence-electron chi connectivity index (χ1n) is 8.40. The van der Waals surface area contributed by atoms with Gasteiger partial charge in [-0.15, -0.1) is 11.8 Å². The summed E-state index contributed by atoms with van der Waals surface area (Å²) in [5.41, 5.74) is 2.64. The molecule has 128 valence electrons. The molecule has 0 saturated heterocycles. The molecule has 1 atom stereocenters. The molecule has 3 rings (SSSR count). The number of aromatic nitrogens is 1. The number of carbonyl (C=O) groups is 1. The Hall–Kier alpha value is -2.25. The van der Waals surface area contributed by atoms with Gasteiger partial charge in [0.05, 0.1) is 17.4 Å². The maximum atomic E-state index is 11.6. The molecular formula is C21H21NO2S. The van der Waals surface area contributed by atoms with Crippen LogP contribution in [0.15, 0.2) is 47.5 Å². The number of rotatable bonds is 2. The van der Waals surface area contributed by atoms with E-state index in [0.29, 0.717) is 17.9 Å². The zero-order valence-corrected chi connectivity index (χ0v) is 15.5. The van der Waals surface area contributed by atoms with Crippen LogP contribution in [0.5, 0.6) is 0 Å². The third-order valence-corrected chi connectivity index (χ3v) is 5.40. The van der Waals surface area contributed by atoms with E-state index in [2.05, 4.69) is 54.9 Å². The first kappa shape index (κ1) is 17.6. The van der Waals surface area contributed by atoms with Gasteiger partial charge < -0.3 is 4.74 Å². The maximum Gasteiger partial charge on any atom is 0.339 e. The fourth-order valence-corrected chi connectivity index (χ4v) is 4.49. The van der Waals surface area contributed by atoms with Crippen LogP contribution in [0.25, 0.3) is 0 Å². The highest BCUT2D eigenvalue weighted by atomic mass is 32.2. The van der Waals surface area contributed by atoms with Gasteiger partial charge in [0, 0.05) is 11.1 Å². The highest BCUT2D eigenvalue weighted by Gasteiger charge is 2.32. The fourth-order valence-electron chi connectivity index (χ4n) is 2.93. The molecule has 3 nitrogen and oxygen atoms in total. The van der Waals surface area contributed by atoms with Crippen LogP contribution in [0.4, 0.5) is 0 Å². The number of carbonyl (C=O) groups excluding carboxylic acids is 1. The molecular weight excluding hydrogens is 330 g/mol. The van der Waals surface area contributed by atoms with Gasteiger partial charge in [-0.2, -0.15) is 0 Å². The number of hydrogen-bond donors (Lipinski definition) is 0. The minimum Gasteiger partial charge on any atom is -0.462 e. The second-order valence-electron chi connectivity index (χ2n) is 6.61. The van der Waals surface area contributed by atoms with Gasteiger partial charge in [0.1, 0.15) is 5.69 Å². The van der Waals surface area contributed by atoms with Crippen molar-refractivity contribution in [3.63, 3.8) is 0 Å². The third kappa shape index (κ3) is 4.05. The molecule has 2 aromatic rings. The standard InChI is InChI=1S/C21H21NO2S/c1-4-24-20(23)15-9-10-16(22-14-15)11-12-17-13-21(2,3)18-7-5-6-8-19(18)25-17/h5-10,14,17H,4,13H2,1-3H3. The summed E-state index contributed by atoms with van der Waals surface area (Å²) in [5, 5.41) is 0.233. The summed E-state index contributed by atoms with van der Waals surface area (Å²) in [4.78, 5) is 17.2. The van der Waals surface area contributed by atoms with E-state index < -0.39 is 0 Å². The zero-order valence-electron chi connectivity index (χ0n) is 14.7. The van der Waals surface area contributed by atoms with Gasteiger partial charge in [-0.25, -0.2) is 9.78 Å². The summed E-state index contributed by atoms with van der Waals surface area (Å²) >= 11 is 1.82. The van der Waals surface area contributed by atoms with Crippen molar-refractivity contribution in [2.75, 3.05) is 6.61 Å². The lowest BCUT2D eigenvalue weighted by molar-refractivity contribution is 0.0526. The molecule has 2 heterocycles. The van der Waals surface area contributed by atoms with Gasteiger partial charge in [0.2, 0.25) is 0 Å². The Labute approximate surface area is 153 Å². The molecule has 0 saturated carbocycles. The lowest BCUT2D eigenvalue weighted by atomic mass is 9.80. The van der Waals surface area contributed by atoms with E-state index in [0.717, 1.165) is 6.42 Å². The van der Waals surface area contributed by atoms with Crippen molar-refractivity contribution in [1.82, 2.24) is 4.98 Å². The van der Waals surface area contributed by atoms with Crippen molar-refractivity contribution in [1.29, 1.82) is 0 Å². The van der Waals surface area contributed by atoms with Crippen molar-refractivity contribution < 1.29 is 9.53 Å². The minimum atomic E-state index is -0.351. The molecule has 1 aliphatic heterocycles. The molecule has 1 aliphatic rings. The predicted octanol–water partition coefficient (Wildman–Crippen LogP) is 4.45. The Kier molecular flexibility index (Phi) is 5.15. The third-order valence-electron chi connectivity index (χ3n) is 4.22. The van der Waals surface area contributed by atoms with Crippen molar-refractivity contribution in [3.8, 4) is 11.8 Å². The Morgan fingerprint density at radius 1 is 1.32 bits per heavy atom. The van der Waals surface area contributed by atoms with E-state index in [9.17, 15) is 4.79 Å². The molecule has 1 aromatic carbocycles. The maximum absolute atomic E-state index is 11.6. The molecule has 0 radical (unpaired) electrons. The van der Waals surface area contributed by atoms with Crippen LogP contribution < -0.4 is 0 Å². The van der Waals surface area contributed by atoms with Crippen LogP contribution in [0, 0.1) is 11.8 Å². The Morgan fingerprint density at radius 2 is 2.12 bits per heavy atom. The van der Waals surface area contributed by atoms with E-state index in [1.54, 1.807) is 19.1 Å². The molecule has 0 N–H and O–H groups in total. The second kappa shape index (κ2) is 7.33. The van der Waals surface area contributed by atoms with Gasteiger partial charge in [-0.05, 0) is 48.4 Å². The van der Waals surface area contributed by atoms with E-state index in [-0.39, 0.29) is 16.6 Å². The highest BCUT2D eigenvalue weighted by molar-refractivity contribution is 8.00. The fraction of sp³-hybridized carbons (Fsp3) is 0.333. The van der Waals surface area contributed by atoms with Crippen LogP contribution >= 0.6 is 11.8 Å². The summed E-state index contributed by atoms with van der Waals surface area (Å²) in [6.45, 7) is 6.68. The lowest BCUT2D eigenvalue weighted by Crippen LogP contribution is -2.27. The van der Waals surface area contributed by atoms with E-state index in [1.165, 1.54) is 16.7 Å². The van der Waals surface area contributed by atoms with Crippen LogP contribution in [0.3, 0.4) is 0 Å². The lowest BCUT2D eigenvalue weighted by Gasteiger charge is -2.35. The average molecular weight is 351 g/mol. The van der Waals surface area contributed by atoms with Gasteiger partial charge in [-0.1, -0.05) is 38.0 Å². The zero-order chi connectivity index (χ0) is 17.9. The number of nitrogens with zero attached hydrogens (tertiary/aromatic N) is 1. The first-order chi connectivity index (χ1) is 12.0. The molecule has 4 heteroatoms. The Morgan fingerprint density at radius 3 is 2.84 bits per heavy atom. The van der Waals surface area contributed by atoms with Crippen molar-refractivity contribution in [2.45, 2.75) is 42.8 Å². The molecule has 1 aromatic heterocycles. The van der Waals surface area contributed by atoms with Crippen molar-refractivity contribution >= 4 is 17.7 Å². The Bertz CT molecular complexity index is 831. The van der Waals surface area contributed by atoms with Gasteiger partial charge >= 0.3 is 5.97 Å². The molecule has 0 aliphatic carbocycles. The predicted molar refractivity (Wildman–Crippen MR) is 101 cm³/mol. The van der Waals surface area contributed by atoms with Crippen molar-refractivity contribution in [2.24, 2.45) is 0 Å². The molecule has 0 spiro atoms. The van der Waals surface area contributed by atoms with Gasteiger partial charge in [0.15, 0.2) is 0 Å². The largest absolute Gasteiger partial charge is 0.462 e. The Balaban J connectivity index is 1.75. The van der Waals surface area contributed by atoms with Crippen LogP contribution in [-0.2, 0) is 10.2 Å². The summed E-state index contributed by atoms with van der Waals surface area (Å²) in [6.07, 6.45) is 2.53. The molecule has 0 amide bonds. The molecule has 0 fully saturated rings. The van der Waals surface area contributed by atoms with Gasteiger partial charge in [-0.3, -0.25) is 0 Å². The first-order valence-corrected chi connectivity index (χ1v) is 9.28. The van der Waals surface area contributed by atoms with Crippen LogP contribution in [0.2, 0.25) is 0 Å². The topological polar surface area (TPSA) is 39.2 Å². The normalized spacial score (nSPS) is 17.8. The summed E-state index contributed by atoms with van der Waals surface area (Å²) < 4.78 is 4.96. The number of fused-ring (bicyclic) bond motifs is 1. The second-order valence-corrected chi connectivity index (χ2v) is 7.86. The number of pyridine rings is 1. The monoisotopic (exact) mass is 351 g/mol. The number of ether oxygens (including phenoxy) is 1. The minimum absolute atomic E-state index is 0.113. The quantitative estimate of drug-likeness (QED) is 0.592. The SMILES string of the molecule is CCOC(=O)c1ccc(C#CC2CC(C)(C)c3ccccc3S2)nc1. The van der Waals surface area contributed by atoms with E-state index in [1.807, 2.05) is 11.8 Å². The summed E-state index contributed by atoms with van der Waals surface area (Å²) in [6, 6.07) is 12.0. The summed E-state index contributed by atoms with van der Waals surface area (Å²) in [5.74, 6) is 6.14. The molecule has 0 bridgehead atoms. The van der Waals surface area contributed by atoms with Gasteiger partial charge in [0.25, 0.3) is 0 Å². The molecule has 25 heavy (non-hydrogen) atoms. The number of thioether (sulfide) groups is 1. The number of hydrogen-bond acceptors (Lipinski definition) is 4.